The van der Waals surface area contributed by atoms with Crippen molar-refractivity contribution in [3.63, 3.8) is 0 Å². The third-order valence-corrected chi connectivity index (χ3v) is 3.04. The Labute approximate surface area is 84.6 Å². The van der Waals surface area contributed by atoms with E-state index in [4.69, 9.17) is 16.3 Å². The number of alkyl halides is 1. The quantitative estimate of drug-likeness (QED) is 0.448. The Hall–Kier alpha value is -0.240. The molecule has 76 valence electrons. The SMILES string of the molecule is CC(C)(C)[C@H]1CCOC(=O)[C@H](Cl)C1. The van der Waals surface area contributed by atoms with Crippen LogP contribution >= 0.6 is 11.6 Å². The minimum Gasteiger partial charge on any atom is -0.465 e. The summed E-state index contributed by atoms with van der Waals surface area (Å²) < 4.78 is 4.97. The monoisotopic (exact) mass is 204 g/mol. The van der Waals surface area contributed by atoms with Gasteiger partial charge in [0.05, 0.1) is 6.61 Å². The molecule has 0 radical (unpaired) electrons. The van der Waals surface area contributed by atoms with Crippen LogP contribution in [0.3, 0.4) is 0 Å². The molecular weight excluding hydrogens is 188 g/mol. The lowest BCUT2D eigenvalue weighted by Crippen LogP contribution is -2.24. The molecule has 1 fully saturated rings. The second-order valence-corrected chi connectivity index (χ2v) is 5.25. The summed E-state index contributed by atoms with van der Waals surface area (Å²) in [6, 6.07) is 0. The average Bonchev–Trinajstić information content (AvgIpc) is 2.13. The van der Waals surface area contributed by atoms with Crippen molar-refractivity contribution in [1.29, 1.82) is 0 Å². The molecule has 0 aromatic carbocycles. The smallest absolute Gasteiger partial charge is 0.324 e. The van der Waals surface area contributed by atoms with Crippen molar-refractivity contribution in [2.75, 3.05) is 6.61 Å². The highest BCUT2D eigenvalue weighted by atomic mass is 35.5. The van der Waals surface area contributed by atoms with Crippen LogP contribution in [-0.2, 0) is 9.53 Å². The zero-order valence-electron chi connectivity index (χ0n) is 8.47. The largest absolute Gasteiger partial charge is 0.465 e. The van der Waals surface area contributed by atoms with Crippen LogP contribution in [0.25, 0.3) is 0 Å². The summed E-state index contributed by atoms with van der Waals surface area (Å²) in [7, 11) is 0. The second kappa shape index (κ2) is 3.87. The first kappa shape index (κ1) is 10.8. The van der Waals surface area contributed by atoms with Gasteiger partial charge in [-0.2, -0.15) is 0 Å². The van der Waals surface area contributed by atoms with Crippen LogP contribution in [0.4, 0.5) is 0 Å². The molecule has 2 nitrogen and oxygen atoms in total. The fourth-order valence-electron chi connectivity index (χ4n) is 1.64. The first-order valence-electron chi connectivity index (χ1n) is 4.72. The molecule has 0 amide bonds. The topological polar surface area (TPSA) is 26.3 Å². The number of rotatable bonds is 0. The summed E-state index contributed by atoms with van der Waals surface area (Å²) >= 11 is 5.90. The van der Waals surface area contributed by atoms with E-state index < -0.39 is 5.38 Å². The minimum atomic E-state index is -0.452. The van der Waals surface area contributed by atoms with Gasteiger partial charge in [-0.05, 0) is 24.2 Å². The molecule has 1 saturated heterocycles. The lowest BCUT2D eigenvalue weighted by molar-refractivity contribution is -0.142. The maximum Gasteiger partial charge on any atom is 0.324 e. The first-order chi connectivity index (χ1) is 5.91. The van der Waals surface area contributed by atoms with Gasteiger partial charge in [-0.25, -0.2) is 0 Å². The van der Waals surface area contributed by atoms with E-state index in [1.807, 2.05) is 0 Å². The van der Waals surface area contributed by atoms with Crippen LogP contribution in [-0.4, -0.2) is 18.0 Å². The van der Waals surface area contributed by atoms with Gasteiger partial charge in [0.2, 0.25) is 0 Å². The molecular formula is C10H17ClO2. The Morgan fingerprint density at radius 1 is 1.46 bits per heavy atom. The summed E-state index contributed by atoms with van der Waals surface area (Å²) in [6.07, 6.45) is 1.67. The molecule has 2 atom stereocenters. The molecule has 0 bridgehead atoms. The van der Waals surface area contributed by atoms with Crippen molar-refractivity contribution in [3.05, 3.63) is 0 Å². The van der Waals surface area contributed by atoms with Gasteiger partial charge in [-0.15, -0.1) is 11.6 Å². The molecule has 1 aliphatic rings. The maximum atomic E-state index is 11.1. The molecule has 0 aromatic heterocycles. The zero-order valence-corrected chi connectivity index (χ0v) is 9.23. The van der Waals surface area contributed by atoms with Gasteiger partial charge in [0.15, 0.2) is 0 Å². The third-order valence-electron chi connectivity index (χ3n) is 2.68. The summed E-state index contributed by atoms with van der Waals surface area (Å²) in [4.78, 5) is 11.1. The number of carbonyl (C=O) groups is 1. The summed E-state index contributed by atoms with van der Waals surface area (Å²) in [6.45, 7) is 7.05. The Kier molecular flexibility index (Phi) is 3.23. The lowest BCUT2D eigenvalue weighted by Gasteiger charge is -2.29. The molecule has 3 heteroatoms. The van der Waals surface area contributed by atoms with Gasteiger partial charge < -0.3 is 4.74 Å². The number of carbonyl (C=O) groups excluding carboxylic acids is 1. The number of halogens is 1. The minimum absolute atomic E-state index is 0.209. The number of ether oxygens (including phenoxy) is 1. The van der Waals surface area contributed by atoms with Crippen molar-refractivity contribution < 1.29 is 9.53 Å². The highest BCUT2D eigenvalue weighted by molar-refractivity contribution is 6.29. The van der Waals surface area contributed by atoms with Crippen LogP contribution in [0.5, 0.6) is 0 Å². The van der Waals surface area contributed by atoms with Crippen LogP contribution in [0.1, 0.15) is 33.6 Å². The summed E-state index contributed by atoms with van der Waals surface area (Å²) in [5, 5.41) is -0.452. The summed E-state index contributed by atoms with van der Waals surface area (Å²) in [5.74, 6) is 0.217. The average molecular weight is 205 g/mol. The van der Waals surface area contributed by atoms with Crippen LogP contribution in [0, 0.1) is 11.3 Å². The molecule has 1 heterocycles. The Bertz CT molecular complexity index is 196. The molecule has 0 unspecified atom stereocenters. The van der Waals surface area contributed by atoms with Crippen molar-refractivity contribution >= 4 is 17.6 Å². The van der Waals surface area contributed by atoms with E-state index in [0.29, 0.717) is 12.5 Å². The zero-order chi connectivity index (χ0) is 10.1. The van der Waals surface area contributed by atoms with E-state index in [1.54, 1.807) is 0 Å². The van der Waals surface area contributed by atoms with Gasteiger partial charge in [0.25, 0.3) is 0 Å². The van der Waals surface area contributed by atoms with E-state index in [9.17, 15) is 4.79 Å². The second-order valence-electron chi connectivity index (χ2n) is 4.72. The lowest BCUT2D eigenvalue weighted by atomic mass is 9.76. The fraction of sp³-hybridized carbons (Fsp3) is 0.900. The Balaban J connectivity index is 2.64. The number of hydrogen-bond acceptors (Lipinski definition) is 2. The van der Waals surface area contributed by atoms with Crippen molar-refractivity contribution in [2.45, 2.75) is 39.0 Å². The summed E-state index contributed by atoms with van der Waals surface area (Å²) in [5.41, 5.74) is 0.209. The van der Waals surface area contributed by atoms with Crippen molar-refractivity contribution in [2.24, 2.45) is 11.3 Å². The van der Waals surface area contributed by atoms with Crippen LogP contribution < -0.4 is 0 Å². The van der Waals surface area contributed by atoms with E-state index >= 15 is 0 Å². The fourth-order valence-corrected chi connectivity index (χ4v) is 1.92. The molecule has 0 saturated carbocycles. The van der Waals surface area contributed by atoms with E-state index in [-0.39, 0.29) is 11.4 Å². The first-order valence-corrected chi connectivity index (χ1v) is 5.15. The highest BCUT2D eigenvalue weighted by Gasteiger charge is 2.32. The maximum absolute atomic E-state index is 11.1. The predicted molar refractivity (Wildman–Crippen MR) is 52.8 cm³/mol. The van der Waals surface area contributed by atoms with Gasteiger partial charge in [0.1, 0.15) is 5.38 Å². The van der Waals surface area contributed by atoms with Gasteiger partial charge >= 0.3 is 5.97 Å². The Morgan fingerprint density at radius 2 is 2.08 bits per heavy atom. The molecule has 1 aliphatic heterocycles. The molecule has 0 aromatic rings. The molecule has 0 spiro atoms. The number of esters is 1. The van der Waals surface area contributed by atoms with E-state index in [0.717, 1.165) is 12.8 Å². The van der Waals surface area contributed by atoms with E-state index in [2.05, 4.69) is 20.8 Å². The highest BCUT2D eigenvalue weighted by Crippen LogP contribution is 2.35. The number of hydrogen-bond donors (Lipinski definition) is 0. The molecule has 0 N–H and O–H groups in total. The van der Waals surface area contributed by atoms with E-state index in [1.165, 1.54) is 0 Å². The van der Waals surface area contributed by atoms with Gasteiger partial charge in [0, 0.05) is 0 Å². The van der Waals surface area contributed by atoms with Crippen LogP contribution in [0.15, 0.2) is 0 Å². The third kappa shape index (κ3) is 2.87. The standard InChI is InChI=1S/C10H17ClO2/c1-10(2,3)7-4-5-13-9(12)8(11)6-7/h7-8H,4-6H2,1-3H3/t7-,8+/m0/s1. The van der Waals surface area contributed by atoms with Crippen molar-refractivity contribution in [3.8, 4) is 0 Å². The number of cyclic esters (lactones) is 1. The molecule has 1 rings (SSSR count). The molecule has 13 heavy (non-hydrogen) atoms. The van der Waals surface area contributed by atoms with Crippen LogP contribution in [0.2, 0.25) is 0 Å². The van der Waals surface area contributed by atoms with Gasteiger partial charge in [-0.3, -0.25) is 4.79 Å². The predicted octanol–water partition coefficient (Wildman–Crippen LogP) is 2.59. The van der Waals surface area contributed by atoms with Crippen molar-refractivity contribution in [1.82, 2.24) is 0 Å². The normalized spacial score (nSPS) is 30.9. The molecule has 0 aliphatic carbocycles. The van der Waals surface area contributed by atoms with Gasteiger partial charge in [-0.1, -0.05) is 20.8 Å². The Morgan fingerprint density at radius 3 is 2.62 bits per heavy atom.